The van der Waals surface area contributed by atoms with Crippen LogP contribution in [0.15, 0.2) is 11.1 Å². The number of aliphatic hydroxyl groups excluding tert-OH is 1. The maximum Gasteiger partial charge on any atom is 0.469 e. The summed E-state index contributed by atoms with van der Waals surface area (Å²) >= 11 is 0. The van der Waals surface area contributed by atoms with Gasteiger partial charge in [-0.2, -0.15) is 4.98 Å². The molecule has 2 aromatic rings. The van der Waals surface area contributed by atoms with Gasteiger partial charge in [-0.15, -0.1) is 0 Å². The molecule has 0 radical (unpaired) electrons. The lowest BCUT2D eigenvalue weighted by molar-refractivity contribution is -0.0424. The molecule has 12 nitrogen and oxygen atoms in total. The third-order valence-electron chi connectivity index (χ3n) is 3.37. The summed E-state index contributed by atoms with van der Waals surface area (Å²) in [7, 11) is -4.66. The molecule has 2 aromatic heterocycles. The second-order valence-corrected chi connectivity index (χ2v) is 6.23. The van der Waals surface area contributed by atoms with E-state index in [2.05, 4.69) is 19.5 Å². The second-order valence-electron chi connectivity index (χ2n) is 4.99. The van der Waals surface area contributed by atoms with Crippen molar-refractivity contribution in [3.63, 3.8) is 0 Å². The number of H-pyrrole nitrogens is 1. The van der Waals surface area contributed by atoms with Gasteiger partial charge in [0.1, 0.15) is 12.3 Å². The van der Waals surface area contributed by atoms with Gasteiger partial charge in [-0.1, -0.05) is 0 Å². The van der Waals surface area contributed by atoms with E-state index in [0.29, 0.717) is 0 Å². The summed E-state index contributed by atoms with van der Waals surface area (Å²) < 4.78 is 22.0. The largest absolute Gasteiger partial charge is 0.469 e. The van der Waals surface area contributed by atoms with Crippen LogP contribution in [-0.4, -0.2) is 53.2 Å². The first-order chi connectivity index (χ1) is 10.7. The summed E-state index contributed by atoms with van der Waals surface area (Å²) in [5.74, 6) is -0.0934. The second kappa shape index (κ2) is 5.67. The molecular weight excluding hydrogens is 348 g/mol. The van der Waals surface area contributed by atoms with Gasteiger partial charge in [0.2, 0.25) is 5.95 Å². The highest BCUT2D eigenvalue weighted by Crippen LogP contribution is 2.38. The number of aromatic nitrogens is 4. The molecule has 3 atom stereocenters. The smallest absolute Gasteiger partial charge is 0.390 e. The van der Waals surface area contributed by atoms with Gasteiger partial charge in [0.25, 0.3) is 5.56 Å². The van der Waals surface area contributed by atoms with E-state index in [0.717, 1.165) is 0 Å². The average molecular weight is 362 g/mol. The third kappa shape index (κ3) is 3.27. The molecule has 6 N–H and O–H groups in total. The summed E-state index contributed by atoms with van der Waals surface area (Å²) in [5.41, 5.74) is 5.23. The average Bonchev–Trinajstić information content (AvgIpc) is 2.99. The van der Waals surface area contributed by atoms with E-state index in [9.17, 15) is 14.5 Å². The van der Waals surface area contributed by atoms with Crippen LogP contribution in [0.5, 0.6) is 0 Å². The first-order valence-electron chi connectivity index (χ1n) is 6.50. The van der Waals surface area contributed by atoms with Crippen LogP contribution in [0, 0.1) is 0 Å². The minimum atomic E-state index is -4.66. The lowest BCUT2D eigenvalue weighted by Gasteiger charge is -2.16. The number of aromatic amines is 1. The van der Waals surface area contributed by atoms with E-state index in [-0.39, 0.29) is 23.5 Å². The number of phosphoric ester groups is 1. The number of nitrogens with zero attached hydrogens (tertiary/aromatic N) is 3. The van der Waals surface area contributed by atoms with E-state index < -0.39 is 38.4 Å². The van der Waals surface area contributed by atoms with Gasteiger partial charge in [-0.3, -0.25) is 18.9 Å². The van der Waals surface area contributed by atoms with Crippen LogP contribution in [0.2, 0.25) is 0 Å². The van der Waals surface area contributed by atoms with Crippen molar-refractivity contribution >= 4 is 24.9 Å². The molecule has 0 aromatic carbocycles. The van der Waals surface area contributed by atoms with E-state index in [1.54, 1.807) is 0 Å². The Bertz CT molecular complexity index is 829. The van der Waals surface area contributed by atoms with Crippen LogP contribution in [-0.2, 0) is 13.8 Å². The molecule has 3 rings (SSSR count). The van der Waals surface area contributed by atoms with Gasteiger partial charge in [-0.05, 0) is 0 Å². The number of nitrogen functional groups attached to an aromatic ring is 1. The SMILES string of the molecule is [15NH2][13c]1[15n][13c]2[13c]([15n][13cH][15n]2[13C@H]2[13CH2][13C@@H](O)[13C@@H]([13CH2]OP(=O)(O)O)O2)[13c](=O)[15nH]1. The van der Waals surface area contributed by atoms with Gasteiger partial charge in [-0.25, -0.2) is 9.55 Å². The molecule has 1 saturated heterocycles. The highest BCUT2D eigenvalue weighted by molar-refractivity contribution is 7.46. The van der Waals surface area contributed by atoms with Crippen LogP contribution in [0.3, 0.4) is 0 Å². The number of aliphatic hydroxyl groups is 1. The number of nitrogens with one attached hydrogen (secondary N) is 1. The molecule has 13 heteroatoms. The fraction of sp³-hybridized carbons (Fsp3) is 0.500. The van der Waals surface area contributed by atoms with E-state index in [1.165, 1.54) is 10.9 Å². The zero-order valence-electron chi connectivity index (χ0n) is 11.6. The molecule has 23 heavy (non-hydrogen) atoms. The molecule has 0 aliphatic carbocycles. The van der Waals surface area contributed by atoms with Crippen LogP contribution in [0.4, 0.5) is 5.95 Å². The minimum absolute atomic E-state index is 0.0622. The maximum atomic E-state index is 11.7. The number of ether oxygens (including phenoxy) is 1. The van der Waals surface area contributed by atoms with Crippen molar-refractivity contribution in [2.45, 2.75) is 24.9 Å². The lowest BCUT2D eigenvalue weighted by Crippen LogP contribution is -2.25. The van der Waals surface area contributed by atoms with Crippen molar-refractivity contribution in [3.05, 3.63) is 16.7 Å². The molecule has 0 spiro atoms. The summed E-state index contributed by atoms with van der Waals surface area (Å²) in [4.78, 5) is 39.3. The number of phosphoric acid groups is 1. The normalized spacial score (nSPS) is 25.3. The topological polar surface area (TPSA) is 186 Å². The number of nitrogens with two attached hydrogens (primary N) is 1. The Morgan fingerprint density at radius 1 is 1.57 bits per heavy atom. The molecule has 1 fully saturated rings. The van der Waals surface area contributed by atoms with Crippen LogP contribution in [0.1, 0.15) is 12.6 Å². The fourth-order valence-corrected chi connectivity index (χ4v) is 2.70. The van der Waals surface area contributed by atoms with Gasteiger partial charge in [0.15, 0.2) is 11.2 Å². The first-order valence-corrected chi connectivity index (χ1v) is 8.03. The Hall–Kier alpha value is -1.82. The van der Waals surface area contributed by atoms with E-state index in [4.69, 9.17) is 20.3 Å². The van der Waals surface area contributed by atoms with Crippen molar-refractivity contribution < 1.29 is 28.7 Å². The van der Waals surface area contributed by atoms with Crippen LogP contribution >= 0.6 is 7.82 Å². The monoisotopic (exact) mass is 362 g/mol. The third-order valence-corrected chi connectivity index (χ3v) is 3.86. The number of hydrogen-bond donors (Lipinski definition) is 5. The summed E-state index contributed by atoms with van der Waals surface area (Å²) in [6.07, 6.45) is -1.26. The van der Waals surface area contributed by atoms with Crippen molar-refractivity contribution in [1.82, 2.24) is 19.5 Å². The van der Waals surface area contributed by atoms with Gasteiger partial charge in [0.05, 0.1) is 19.0 Å². The number of hydrogen-bond acceptors (Lipinski definition) is 8. The number of fused-ring (bicyclic) bond motifs is 1. The minimum Gasteiger partial charge on any atom is -0.390 e. The zero-order chi connectivity index (χ0) is 16.8. The summed E-state index contributed by atoms with van der Waals surface area (Å²) in [5, 5.41) is 9.93. The fourth-order valence-electron chi connectivity index (χ4n) is 2.36. The summed E-state index contributed by atoms with van der Waals surface area (Å²) in [6.45, 7) is -0.481. The Balaban J connectivity index is 1.84. The Morgan fingerprint density at radius 2 is 2.30 bits per heavy atom. The van der Waals surface area contributed by atoms with Gasteiger partial charge in [0, 0.05) is 6.42 Å². The maximum absolute atomic E-state index is 11.7. The summed E-state index contributed by atoms with van der Waals surface area (Å²) in [6, 6.07) is 0. The standard InChI is InChI=1S/C10H14N5O7P/c11-10-13-8-7(9(17)14-10)12-3-15(8)6-1-4(16)5(22-6)2-21-23(18,19)20/h3-6,16H,1-2H2,(H2,18,19,20)(H3,11,13,14,17)/t4-,5-,6-/m1/s1/i1+1,2+1,3+1,4+1,5+1,6+1,7+1,8+1,9+1,10+1,11+1,12+1,13+1,14+1,15+1. The molecule has 1 aliphatic heterocycles. The van der Waals surface area contributed by atoms with Crippen molar-refractivity contribution in [2.75, 3.05) is 12.3 Å². The first kappa shape index (κ1) is 16.1. The molecule has 0 bridgehead atoms. The molecular formula is C10H14N5O7P. The molecule has 0 amide bonds. The van der Waals surface area contributed by atoms with Crippen molar-refractivity contribution in [2.24, 2.45) is 0 Å². The Kier molecular flexibility index (Phi) is 3.96. The number of rotatable bonds is 4. The molecule has 0 saturated carbocycles. The Labute approximate surface area is 128 Å². The zero-order valence-corrected chi connectivity index (χ0v) is 12.5. The molecule has 126 valence electrons. The quantitative estimate of drug-likeness (QED) is 0.242. The predicted molar refractivity (Wildman–Crippen MR) is 75.1 cm³/mol. The van der Waals surface area contributed by atoms with E-state index >= 15 is 0 Å². The predicted octanol–water partition coefficient (Wildman–Crippen LogP) is -1.54. The van der Waals surface area contributed by atoms with E-state index in [1.807, 2.05) is 0 Å². The highest BCUT2D eigenvalue weighted by Gasteiger charge is 2.37. The number of imidazole rings is 1. The Morgan fingerprint density at radius 3 is 3.00 bits per heavy atom. The van der Waals surface area contributed by atoms with Crippen molar-refractivity contribution in [3.8, 4) is 0 Å². The molecule has 0 unspecified atom stereocenters. The van der Waals surface area contributed by atoms with Gasteiger partial charge < -0.3 is 25.4 Å². The lowest BCUT2D eigenvalue weighted by atomic mass is 11.1. The van der Waals surface area contributed by atoms with Crippen molar-refractivity contribution in [1.29, 1.82) is 0 Å². The molecule has 3 heterocycles. The molecule has 1 aliphatic rings. The van der Waals surface area contributed by atoms with Crippen LogP contribution in [0.25, 0.3) is 11.2 Å². The highest BCUT2D eigenvalue weighted by atomic mass is 31.2. The number of anilines is 1. The van der Waals surface area contributed by atoms with Crippen LogP contribution < -0.4 is 11.3 Å². The van der Waals surface area contributed by atoms with Gasteiger partial charge >= 0.3 is 7.82 Å².